The maximum atomic E-state index is 11.1. The molecule has 0 aliphatic rings. The second-order valence-electron chi connectivity index (χ2n) is 4.94. The van der Waals surface area contributed by atoms with Gasteiger partial charge in [-0.15, -0.1) is 0 Å². The molecule has 0 bridgehead atoms. The molecule has 1 aromatic carbocycles. The highest BCUT2D eigenvalue weighted by Crippen LogP contribution is 2.14. The molecule has 0 fully saturated rings. The second-order valence-corrected chi connectivity index (χ2v) is 4.94. The van der Waals surface area contributed by atoms with Crippen molar-refractivity contribution in [3.05, 3.63) is 42.0 Å². The Kier molecular flexibility index (Phi) is 7.75. The van der Waals surface area contributed by atoms with E-state index in [1.807, 2.05) is 0 Å². The van der Waals surface area contributed by atoms with Crippen LogP contribution in [-0.4, -0.2) is 30.8 Å². The molecule has 0 saturated heterocycles. The number of methoxy groups -OCH3 is 1. The number of rotatable bonds is 10. The lowest BCUT2D eigenvalue weighted by atomic mass is 10.1. The average Bonchev–Trinajstić information content (AvgIpc) is 2.53. The predicted octanol–water partition coefficient (Wildman–Crippen LogP) is 3.44. The number of carboxylic acids is 1. The normalized spacial score (nSPS) is 10.0. The highest BCUT2D eigenvalue weighted by Gasteiger charge is 2.05. The molecule has 0 amide bonds. The molecular formula is C17H22O5. The number of hydrogen-bond donors (Lipinski definition) is 1. The van der Waals surface area contributed by atoms with Crippen LogP contribution in [0, 0.1) is 0 Å². The molecule has 22 heavy (non-hydrogen) atoms. The molecule has 0 heterocycles. The number of carboxylic acid groups (broad SMARTS) is 1. The molecular weight excluding hydrogens is 284 g/mol. The van der Waals surface area contributed by atoms with Crippen molar-refractivity contribution in [3.63, 3.8) is 0 Å². The molecule has 0 aliphatic carbocycles. The van der Waals surface area contributed by atoms with E-state index < -0.39 is 5.97 Å². The van der Waals surface area contributed by atoms with Crippen LogP contribution in [0.4, 0.5) is 0 Å². The van der Waals surface area contributed by atoms with Crippen LogP contribution in [0.2, 0.25) is 0 Å². The van der Waals surface area contributed by atoms with Crippen molar-refractivity contribution in [2.75, 3.05) is 13.7 Å². The Balaban J connectivity index is 2.09. The summed E-state index contributed by atoms with van der Waals surface area (Å²) >= 11 is 0. The van der Waals surface area contributed by atoms with Crippen LogP contribution in [0.5, 0.6) is 5.75 Å². The lowest BCUT2D eigenvalue weighted by Gasteiger charge is -2.07. The lowest BCUT2D eigenvalue weighted by molar-refractivity contribution is -0.136. The lowest BCUT2D eigenvalue weighted by Crippen LogP contribution is -2.03. The van der Waals surface area contributed by atoms with Gasteiger partial charge in [0.15, 0.2) is 0 Å². The van der Waals surface area contributed by atoms with E-state index in [-0.39, 0.29) is 11.5 Å². The molecule has 1 aromatic rings. The first kappa shape index (κ1) is 17.8. The van der Waals surface area contributed by atoms with Gasteiger partial charge in [-0.05, 0) is 43.5 Å². The summed E-state index contributed by atoms with van der Waals surface area (Å²) in [7, 11) is 1.36. The molecule has 1 rings (SSSR count). The predicted molar refractivity (Wildman–Crippen MR) is 83.1 cm³/mol. The van der Waals surface area contributed by atoms with E-state index in [9.17, 15) is 9.59 Å². The summed E-state index contributed by atoms with van der Waals surface area (Å²) in [5.74, 6) is -0.614. The van der Waals surface area contributed by atoms with Crippen LogP contribution in [0.15, 0.2) is 36.4 Å². The third kappa shape index (κ3) is 6.43. The first-order valence-electron chi connectivity index (χ1n) is 7.27. The average molecular weight is 306 g/mol. The number of carbonyl (C=O) groups is 2. The Labute approximate surface area is 130 Å². The molecule has 5 nitrogen and oxygen atoms in total. The van der Waals surface area contributed by atoms with E-state index in [1.54, 1.807) is 12.1 Å². The highest BCUT2D eigenvalue weighted by molar-refractivity contribution is 5.87. The Morgan fingerprint density at radius 1 is 1.09 bits per heavy atom. The van der Waals surface area contributed by atoms with Crippen LogP contribution < -0.4 is 4.74 Å². The SMILES string of the molecule is C=C(CCCCCCOc1ccc(C(=O)O)cc1)C(=O)OC. The van der Waals surface area contributed by atoms with Gasteiger partial charge in [-0.25, -0.2) is 9.59 Å². The molecule has 0 saturated carbocycles. The molecule has 0 unspecified atom stereocenters. The van der Waals surface area contributed by atoms with E-state index in [1.165, 1.54) is 19.2 Å². The maximum absolute atomic E-state index is 11.1. The Morgan fingerprint density at radius 3 is 2.32 bits per heavy atom. The van der Waals surface area contributed by atoms with Crippen molar-refractivity contribution in [1.29, 1.82) is 0 Å². The van der Waals surface area contributed by atoms with Gasteiger partial charge in [-0.1, -0.05) is 19.4 Å². The Bertz CT molecular complexity index is 504. The Hall–Kier alpha value is -2.30. The van der Waals surface area contributed by atoms with Crippen molar-refractivity contribution in [3.8, 4) is 5.75 Å². The van der Waals surface area contributed by atoms with Crippen LogP contribution >= 0.6 is 0 Å². The molecule has 1 N–H and O–H groups in total. The quantitative estimate of drug-likeness (QED) is 0.407. The molecule has 0 radical (unpaired) electrons. The van der Waals surface area contributed by atoms with E-state index in [2.05, 4.69) is 11.3 Å². The molecule has 0 spiro atoms. The number of ether oxygens (including phenoxy) is 2. The monoisotopic (exact) mass is 306 g/mol. The van der Waals surface area contributed by atoms with Crippen molar-refractivity contribution < 1.29 is 24.2 Å². The summed E-state index contributed by atoms with van der Waals surface area (Å²) in [4.78, 5) is 21.8. The fourth-order valence-electron chi connectivity index (χ4n) is 1.92. The number of benzene rings is 1. The van der Waals surface area contributed by atoms with Gasteiger partial charge in [0.05, 0.1) is 19.3 Å². The van der Waals surface area contributed by atoms with Crippen LogP contribution in [0.25, 0.3) is 0 Å². The van der Waals surface area contributed by atoms with E-state index in [0.717, 1.165) is 25.7 Å². The molecule has 0 atom stereocenters. The summed E-state index contributed by atoms with van der Waals surface area (Å²) < 4.78 is 10.1. The molecule has 5 heteroatoms. The third-order valence-corrected chi connectivity index (χ3v) is 3.22. The summed E-state index contributed by atoms with van der Waals surface area (Å²) in [6.07, 6.45) is 4.47. The van der Waals surface area contributed by atoms with Gasteiger partial charge in [0.2, 0.25) is 0 Å². The first-order valence-corrected chi connectivity index (χ1v) is 7.27. The van der Waals surface area contributed by atoms with Gasteiger partial charge in [0, 0.05) is 5.57 Å². The minimum atomic E-state index is -0.944. The van der Waals surface area contributed by atoms with Crippen molar-refractivity contribution in [1.82, 2.24) is 0 Å². The zero-order valence-corrected chi connectivity index (χ0v) is 12.8. The van der Waals surface area contributed by atoms with Gasteiger partial charge < -0.3 is 14.6 Å². The number of hydrogen-bond acceptors (Lipinski definition) is 4. The van der Waals surface area contributed by atoms with Gasteiger partial charge in [-0.2, -0.15) is 0 Å². The zero-order valence-electron chi connectivity index (χ0n) is 12.8. The summed E-state index contributed by atoms with van der Waals surface area (Å²) in [5, 5.41) is 8.79. The van der Waals surface area contributed by atoms with Crippen LogP contribution in [-0.2, 0) is 9.53 Å². The number of aromatic carboxylic acids is 1. The summed E-state index contributed by atoms with van der Waals surface area (Å²) in [6, 6.07) is 6.36. The Morgan fingerprint density at radius 2 is 1.73 bits per heavy atom. The third-order valence-electron chi connectivity index (χ3n) is 3.22. The fourth-order valence-corrected chi connectivity index (χ4v) is 1.92. The minimum Gasteiger partial charge on any atom is -0.494 e. The first-order chi connectivity index (χ1) is 10.5. The maximum Gasteiger partial charge on any atom is 0.335 e. The highest BCUT2D eigenvalue weighted by atomic mass is 16.5. The fraction of sp³-hybridized carbons (Fsp3) is 0.412. The molecule has 120 valence electrons. The second kappa shape index (κ2) is 9.60. The van der Waals surface area contributed by atoms with Crippen LogP contribution in [0.1, 0.15) is 42.5 Å². The van der Waals surface area contributed by atoms with Gasteiger partial charge in [-0.3, -0.25) is 0 Å². The van der Waals surface area contributed by atoms with Crippen molar-refractivity contribution in [2.24, 2.45) is 0 Å². The number of carbonyl (C=O) groups excluding carboxylic acids is 1. The minimum absolute atomic E-state index is 0.248. The molecule has 0 aromatic heterocycles. The summed E-state index contributed by atoms with van der Waals surface area (Å²) in [5.41, 5.74) is 0.760. The van der Waals surface area contributed by atoms with Gasteiger partial charge in [0.25, 0.3) is 0 Å². The zero-order chi connectivity index (χ0) is 16.4. The largest absolute Gasteiger partial charge is 0.494 e. The molecule has 0 aliphatic heterocycles. The van der Waals surface area contributed by atoms with E-state index >= 15 is 0 Å². The van der Waals surface area contributed by atoms with Crippen molar-refractivity contribution in [2.45, 2.75) is 32.1 Å². The van der Waals surface area contributed by atoms with Gasteiger partial charge >= 0.3 is 11.9 Å². The van der Waals surface area contributed by atoms with Crippen molar-refractivity contribution >= 4 is 11.9 Å². The van der Waals surface area contributed by atoms with E-state index in [0.29, 0.717) is 24.4 Å². The topological polar surface area (TPSA) is 72.8 Å². The van der Waals surface area contributed by atoms with Crippen LogP contribution in [0.3, 0.4) is 0 Å². The summed E-state index contributed by atoms with van der Waals surface area (Å²) in [6.45, 7) is 4.27. The number of esters is 1. The standard InChI is InChI=1S/C17H22O5/c1-13(17(20)21-2)7-5-3-4-6-12-22-15-10-8-14(9-11-15)16(18)19/h8-11H,1,3-7,12H2,2H3,(H,18,19). The van der Waals surface area contributed by atoms with E-state index in [4.69, 9.17) is 9.84 Å². The number of unbranched alkanes of at least 4 members (excludes halogenated alkanes) is 3. The van der Waals surface area contributed by atoms with Gasteiger partial charge in [0.1, 0.15) is 5.75 Å². The smallest absolute Gasteiger partial charge is 0.335 e.